The molecule has 166 valence electrons. The molecule has 32 heavy (non-hydrogen) atoms. The Morgan fingerprint density at radius 2 is 1.94 bits per heavy atom. The fourth-order valence-electron chi connectivity index (χ4n) is 4.17. The first-order chi connectivity index (χ1) is 15.3. The van der Waals surface area contributed by atoms with Gasteiger partial charge in [0, 0.05) is 31.1 Å². The molecule has 1 atom stereocenters. The molecular formula is C24H26N4O3S. The Balaban J connectivity index is 1.89. The van der Waals surface area contributed by atoms with Crippen molar-refractivity contribution in [2.75, 3.05) is 6.54 Å². The molecule has 4 rings (SSSR count). The molecule has 3 heterocycles. The van der Waals surface area contributed by atoms with E-state index >= 15 is 0 Å². The van der Waals surface area contributed by atoms with E-state index in [1.807, 2.05) is 63.2 Å². The number of para-hydroxylation sites is 1. The zero-order valence-electron chi connectivity index (χ0n) is 18.4. The lowest BCUT2D eigenvalue weighted by Gasteiger charge is -2.42. The third kappa shape index (κ3) is 4.27. The van der Waals surface area contributed by atoms with Gasteiger partial charge < -0.3 is 10.0 Å². The highest BCUT2D eigenvalue weighted by molar-refractivity contribution is 7.98. The lowest BCUT2D eigenvalue weighted by molar-refractivity contribution is 0.0738. The molecule has 0 aliphatic carbocycles. The molecular weight excluding hydrogens is 424 g/mol. The molecule has 7 nitrogen and oxygen atoms in total. The van der Waals surface area contributed by atoms with Crippen LogP contribution in [-0.4, -0.2) is 37.2 Å². The third-order valence-electron chi connectivity index (χ3n) is 5.51. The predicted molar refractivity (Wildman–Crippen MR) is 124 cm³/mol. The van der Waals surface area contributed by atoms with Gasteiger partial charge in [0.15, 0.2) is 5.16 Å². The number of benzene rings is 1. The van der Waals surface area contributed by atoms with E-state index in [1.54, 1.807) is 17.0 Å². The minimum Gasteiger partial charge on any atom is -0.465 e. The first kappa shape index (κ1) is 22.1. The third-order valence-corrected chi connectivity index (χ3v) is 6.52. The number of pyridine rings is 1. The van der Waals surface area contributed by atoms with Crippen molar-refractivity contribution in [1.82, 2.24) is 19.4 Å². The van der Waals surface area contributed by atoms with Crippen molar-refractivity contribution in [2.45, 2.75) is 44.1 Å². The Bertz CT molecular complexity index is 1170. The van der Waals surface area contributed by atoms with Crippen LogP contribution in [0.25, 0.3) is 5.69 Å². The van der Waals surface area contributed by atoms with Gasteiger partial charge >= 0.3 is 6.09 Å². The van der Waals surface area contributed by atoms with Crippen molar-refractivity contribution in [3.63, 3.8) is 0 Å². The molecule has 0 radical (unpaired) electrons. The van der Waals surface area contributed by atoms with Gasteiger partial charge in [-0.05, 0) is 29.2 Å². The highest BCUT2D eigenvalue weighted by Gasteiger charge is 2.42. The summed E-state index contributed by atoms with van der Waals surface area (Å²) >= 11 is 1.48. The average Bonchev–Trinajstić information content (AvgIpc) is 2.77. The minimum atomic E-state index is -1.02. The number of hydrogen-bond donors (Lipinski definition) is 1. The molecule has 8 heteroatoms. The molecule has 1 N–H and O–H groups in total. The Morgan fingerprint density at radius 1 is 1.19 bits per heavy atom. The van der Waals surface area contributed by atoms with Crippen LogP contribution in [0.15, 0.2) is 64.8 Å². The fourth-order valence-corrected chi connectivity index (χ4v) is 5.13. The second-order valence-electron chi connectivity index (χ2n) is 8.88. The van der Waals surface area contributed by atoms with Crippen LogP contribution in [0.1, 0.15) is 43.6 Å². The van der Waals surface area contributed by atoms with E-state index in [-0.39, 0.29) is 5.56 Å². The van der Waals surface area contributed by atoms with Crippen molar-refractivity contribution >= 4 is 17.9 Å². The van der Waals surface area contributed by atoms with Gasteiger partial charge in [0.1, 0.15) is 0 Å². The van der Waals surface area contributed by atoms with Gasteiger partial charge in [-0.3, -0.25) is 14.3 Å². The van der Waals surface area contributed by atoms with Gasteiger partial charge in [0.25, 0.3) is 5.56 Å². The average molecular weight is 451 g/mol. The zero-order valence-corrected chi connectivity index (χ0v) is 19.2. The van der Waals surface area contributed by atoms with Crippen molar-refractivity contribution in [3.8, 4) is 5.69 Å². The first-order valence-electron chi connectivity index (χ1n) is 10.5. The number of rotatable bonds is 4. The maximum absolute atomic E-state index is 13.9. The van der Waals surface area contributed by atoms with Crippen LogP contribution in [0.2, 0.25) is 0 Å². The smallest absolute Gasteiger partial charge is 0.407 e. The standard InChI is InChI=1S/C24H26N4O3S/c1-24(2,3)20-19-18(11-13-27(20)23(30)31)26-22(32-15-16-8-7-12-25-14-16)28(21(19)29)17-9-5-4-6-10-17/h4-10,12,14,20H,11,13,15H2,1-3H3,(H,30,31). The van der Waals surface area contributed by atoms with E-state index < -0.39 is 17.6 Å². The number of carbonyl (C=O) groups is 1. The molecule has 1 aliphatic rings. The Hall–Kier alpha value is -3.13. The number of amides is 1. The van der Waals surface area contributed by atoms with Gasteiger partial charge in [-0.1, -0.05) is 56.8 Å². The number of carboxylic acid groups (broad SMARTS) is 1. The molecule has 3 aromatic rings. The lowest BCUT2D eigenvalue weighted by Crippen LogP contribution is -2.48. The largest absolute Gasteiger partial charge is 0.465 e. The van der Waals surface area contributed by atoms with Gasteiger partial charge in [-0.2, -0.15) is 0 Å². The van der Waals surface area contributed by atoms with Crippen molar-refractivity contribution in [1.29, 1.82) is 0 Å². The van der Waals surface area contributed by atoms with E-state index in [9.17, 15) is 14.7 Å². The molecule has 0 saturated carbocycles. The summed E-state index contributed by atoms with van der Waals surface area (Å²) in [6, 6.07) is 12.7. The molecule has 1 aliphatic heterocycles. The minimum absolute atomic E-state index is 0.208. The number of thioether (sulfide) groups is 1. The van der Waals surface area contributed by atoms with Gasteiger partial charge in [0.2, 0.25) is 0 Å². The topological polar surface area (TPSA) is 88.3 Å². The van der Waals surface area contributed by atoms with E-state index in [1.165, 1.54) is 16.7 Å². The normalized spacial score (nSPS) is 16.0. The monoisotopic (exact) mass is 450 g/mol. The highest BCUT2D eigenvalue weighted by atomic mass is 32.2. The Labute approximate surface area is 191 Å². The number of hydrogen-bond acceptors (Lipinski definition) is 5. The summed E-state index contributed by atoms with van der Waals surface area (Å²) in [5.74, 6) is 0.621. The predicted octanol–water partition coefficient (Wildman–Crippen LogP) is 4.54. The van der Waals surface area contributed by atoms with Crippen molar-refractivity contribution < 1.29 is 9.90 Å². The molecule has 0 spiro atoms. The van der Waals surface area contributed by atoms with Crippen molar-refractivity contribution in [3.05, 3.63) is 82.0 Å². The summed E-state index contributed by atoms with van der Waals surface area (Å²) in [7, 11) is 0. The maximum atomic E-state index is 13.9. The van der Waals surface area contributed by atoms with Crippen molar-refractivity contribution in [2.24, 2.45) is 5.41 Å². The molecule has 0 bridgehead atoms. The lowest BCUT2D eigenvalue weighted by atomic mass is 9.79. The van der Waals surface area contributed by atoms with Crippen LogP contribution >= 0.6 is 11.8 Å². The summed E-state index contributed by atoms with van der Waals surface area (Å²) < 4.78 is 1.62. The van der Waals surface area contributed by atoms with E-state index in [4.69, 9.17) is 4.98 Å². The molecule has 1 aromatic carbocycles. The van der Waals surface area contributed by atoms with Gasteiger partial charge in [0.05, 0.1) is 23.0 Å². The SMILES string of the molecule is CC(C)(C)C1c2c(nc(SCc3cccnc3)n(-c3ccccc3)c2=O)CCN1C(=O)O. The quantitative estimate of drug-likeness (QED) is 0.464. The second kappa shape index (κ2) is 8.78. The summed E-state index contributed by atoms with van der Waals surface area (Å²) in [6.07, 6.45) is 2.93. The van der Waals surface area contributed by atoms with Gasteiger partial charge in [-0.15, -0.1) is 0 Å². The van der Waals surface area contributed by atoms with E-state index in [0.29, 0.717) is 40.8 Å². The van der Waals surface area contributed by atoms with Gasteiger partial charge in [-0.25, -0.2) is 9.78 Å². The number of aromatic nitrogens is 3. The maximum Gasteiger partial charge on any atom is 0.407 e. The molecule has 0 fully saturated rings. The summed E-state index contributed by atoms with van der Waals surface area (Å²) in [4.78, 5) is 36.4. The van der Waals surface area contributed by atoms with Crippen LogP contribution in [0, 0.1) is 5.41 Å². The molecule has 0 saturated heterocycles. The highest BCUT2D eigenvalue weighted by Crippen LogP contribution is 2.41. The van der Waals surface area contributed by atoms with Crippen LogP contribution in [0.5, 0.6) is 0 Å². The number of fused-ring (bicyclic) bond motifs is 1. The summed E-state index contributed by atoms with van der Waals surface area (Å²) in [5, 5.41) is 10.4. The number of nitrogens with zero attached hydrogens (tertiary/aromatic N) is 4. The zero-order chi connectivity index (χ0) is 22.9. The Kier molecular flexibility index (Phi) is 6.06. The first-order valence-corrected chi connectivity index (χ1v) is 11.5. The Morgan fingerprint density at radius 3 is 2.56 bits per heavy atom. The van der Waals surface area contributed by atoms with Crippen LogP contribution in [0.3, 0.4) is 0 Å². The van der Waals surface area contributed by atoms with Crippen LogP contribution in [-0.2, 0) is 12.2 Å². The fraction of sp³-hybridized carbons (Fsp3) is 0.333. The van der Waals surface area contributed by atoms with E-state index in [0.717, 1.165) is 5.56 Å². The second-order valence-corrected chi connectivity index (χ2v) is 9.82. The summed E-state index contributed by atoms with van der Waals surface area (Å²) in [5.41, 5.74) is 2.23. The molecule has 1 unspecified atom stereocenters. The molecule has 2 aromatic heterocycles. The van der Waals surface area contributed by atoms with E-state index in [2.05, 4.69) is 4.98 Å². The summed E-state index contributed by atoms with van der Waals surface area (Å²) in [6.45, 7) is 6.19. The molecule has 1 amide bonds. The van der Waals surface area contributed by atoms with Crippen LogP contribution < -0.4 is 5.56 Å². The van der Waals surface area contributed by atoms with Crippen LogP contribution in [0.4, 0.5) is 4.79 Å².